The Bertz CT molecular complexity index is 169. The van der Waals surface area contributed by atoms with Crippen LogP contribution in [-0.4, -0.2) is 37.1 Å². The van der Waals surface area contributed by atoms with E-state index in [0.717, 1.165) is 18.0 Å². The Kier molecular flexibility index (Phi) is 2.89. The predicted molar refractivity (Wildman–Crippen MR) is 55.8 cm³/mol. The molecule has 13 heavy (non-hydrogen) atoms. The second kappa shape index (κ2) is 3.97. The topological polar surface area (TPSA) is 15.3 Å². The van der Waals surface area contributed by atoms with Crippen molar-refractivity contribution in [1.29, 1.82) is 0 Å². The molecule has 2 saturated heterocycles. The average Bonchev–Trinajstić information content (AvgIpc) is 2.52. The fraction of sp³-hybridized carbons (Fsp3) is 1.00. The average molecular weight is 182 g/mol. The summed E-state index contributed by atoms with van der Waals surface area (Å²) in [7, 11) is 2.29. The van der Waals surface area contributed by atoms with E-state index in [1.165, 1.54) is 38.8 Å². The van der Waals surface area contributed by atoms with E-state index < -0.39 is 0 Å². The lowest BCUT2D eigenvalue weighted by molar-refractivity contribution is 0.160. The molecule has 0 aromatic rings. The third kappa shape index (κ3) is 1.89. The number of hydrogen-bond donors (Lipinski definition) is 1. The number of piperidine rings is 1. The van der Waals surface area contributed by atoms with E-state index in [-0.39, 0.29) is 0 Å². The van der Waals surface area contributed by atoms with Crippen LogP contribution in [0.4, 0.5) is 0 Å². The number of rotatable bonds is 1. The van der Waals surface area contributed by atoms with Crippen LogP contribution in [0, 0.1) is 5.92 Å². The Morgan fingerprint density at radius 2 is 2.08 bits per heavy atom. The minimum atomic E-state index is 0.735. The van der Waals surface area contributed by atoms with Gasteiger partial charge < -0.3 is 10.2 Å². The van der Waals surface area contributed by atoms with Gasteiger partial charge >= 0.3 is 0 Å². The van der Waals surface area contributed by atoms with Crippen molar-refractivity contribution in [3.8, 4) is 0 Å². The second-order valence-corrected chi connectivity index (χ2v) is 4.74. The van der Waals surface area contributed by atoms with Crippen LogP contribution in [0.5, 0.6) is 0 Å². The van der Waals surface area contributed by atoms with E-state index in [4.69, 9.17) is 0 Å². The van der Waals surface area contributed by atoms with E-state index in [9.17, 15) is 0 Å². The van der Waals surface area contributed by atoms with E-state index >= 15 is 0 Å². The third-order valence-corrected chi connectivity index (χ3v) is 3.89. The molecular weight excluding hydrogens is 160 g/mol. The molecule has 0 aromatic heterocycles. The fourth-order valence-electron chi connectivity index (χ4n) is 3.07. The van der Waals surface area contributed by atoms with Gasteiger partial charge in [-0.1, -0.05) is 0 Å². The van der Waals surface area contributed by atoms with Gasteiger partial charge in [0.15, 0.2) is 0 Å². The van der Waals surface area contributed by atoms with E-state index in [0.29, 0.717) is 0 Å². The molecule has 0 saturated carbocycles. The highest BCUT2D eigenvalue weighted by molar-refractivity contribution is 4.90. The SMILES string of the molecule is CC1NCCCC1C1CCCN1C. The highest BCUT2D eigenvalue weighted by Crippen LogP contribution is 2.29. The molecule has 2 nitrogen and oxygen atoms in total. The first kappa shape index (κ1) is 9.47. The fourth-order valence-corrected chi connectivity index (χ4v) is 3.07. The highest BCUT2D eigenvalue weighted by Gasteiger charge is 2.33. The lowest BCUT2D eigenvalue weighted by atomic mass is 9.84. The summed E-state index contributed by atoms with van der Waals surface area (Å²) in [6.07, 6.45) is 5.64. The second-order valence-electron chi connectivity index (χ2n) is 4.74. The number of nitrogens with zero attached hydrogens (tertiary/aromatic N) is 1. The van der Waals surface area contributed by atoms with Crippen LogP contribution in [0.1, 0.15) is 32.6 Å². The largest absolute Gasteiger partial charge is 0.314 e. The smallest absolute Gasteiger partial charge is 0.0136 e. The van der Waals surface area contributed by atoms with Crippen LogP contribution < -0.4 is 5.32 Å². The van der Waals surface area contributed by atoms with Crippen molar-refractivity contribution in [3.05, 3.63) is 0 Å². The van der Waals surface area contributed by atoms with Gasteiger partial charge in [0, 0.05) is 12.1 Å². The minimum Gasteiger partial charge on any atom is -0.314 e. The van der Waals surface area contributed by atoms with Crippen LogP contribution in [0.15, 0.2) is 0 Å². The van der Waals surface area contributed by atoms with Crippen molar-refractivity contribution in [1.82, 2.24) is 10.2 Å². The molecule has 0 radical (unpaired) electrons. The van der Waals surface area contributed by atoms with Crippen molar-refractivity contribution in [2.45, 2.75) is 44.7 Å². The van der Waals surface area contributed by atoms with Crippen molar-refractivity contribution in [2.24, 2.45) is 5.92 Å². The standard InChI is InChI=1S/C11H22N2/c1-9-10(5-3-7-12-9)11-6-4-8-13(11)2/h9-12H,3-8H2,1-2H3. The summed E-state index contributed by atoms with van der Waals surface area (Å²) in [5, 5.41) is 3.60. The molecule has 0 bridgehead atoms. The van der Waals surface area contributed by atoms with Gasteiger partial charge in [-0.25, -0.2) is 0 Å². The number of hydrogen-bond acceptors (Lipinski definition) is 2. The van der Waals surface area contributed by atoms with Crippen LogP contribution in [-0.2, 0) is 0 Å². The molecule has 0 spiro atoms. The molecule has 2 heteroatoms. The van der Waals surface area contributed by atoms with Crippen LogP contribution in [0.3, 0.4) is 0 Å². The van der Waals surface area contributed by atoms with Crippen molar-refractivity contribution >= 4 is 0 Å². The quantitative estimate of drug-likeness (QED) is 0.660. The Labute approximate surface area is 81.7 Å². The van der Waals surface area contributed by atoms with Crippen molar-refractivity contribution in [2.75, 3.05) is 20.1 Å². The first-order chi connectivity index (χ1) is 6.29. The Hall–Kier alpha value is -0.0800. The molecule has 3 atom stereocenters. The summed E-state index contributed by atoms with van der Waals surface area (Å²) >= 11 is 0. The van der Waals surface area contributed by atoms with Crippen LogP contribution >= 0.6 is 0 Å². The molecular formula is C11H22N2. The summed E-state index contributed by atoms with van der Waals surface area (Å²) in [6.45, 7) is 4.90. The first-order valence-corrected chi connectivity index (χ1v) is 5.72. The first-order valence-electron chi connectivity index (χ1n) is 5.72. The number of likely N-dealkylation sites (tertiary alicyclic amines) is 1. The summed E-state index contributed by atoms with van der Waals surface area (Å²) in [6, 6.07) is 1.60. The zero-order valence-corrected chi connectivity index (χ0v) is 8.92. The van der Waals surface area contributed by atoms with Gasteiger partial charge in [-0.05, 0) is 58.7 Å². The molecule has 0 aromatic carbocycles. The summed E-state index contributed by atoms with van der Waals surface area (Å²) in [5.41, 5.74) is 0. The maximum Gasteiger partial charge on any atom is 0.0136 e. The summed E-state index contributed by atoms with van der Waals surface area (Å²) in [4.78, 5) is 2.56. The molecule has 2 fully saturated rings. The van der Waals surface area contributed by atoms with E-state index in [1.807, 2.05) is 0 Å². The van der Waals surface area contributed by atoms with Gasteiger partial charge in [0.25, 0.3) is 0 Å². The van der Waals surface area contributed by atoms with Gasteiger partial charge in [0.05, 0.1) is 0 Å². The highest BCUT2D eigenvalue weighted by atomic mass is 15.2. The Morgan fingerprint density at radius 3 is 2.69 bits per heavy atom. The molecule has 76 valence electrons. The maximum atomic E-state index is 3.60. The van der Waals surface area contributed by atoms with Crippen LogP contribution in [0.2, 0.25) is 0 Å². The normalized spacial score (nSPS) is 42.5. The van der Waals surface area contributed by atoms with Gasteiger partial charge in [-0.15, -0.1) is 0 Å². The molecule has 2 aliphatic heterocycles. The summed E-state index contributed by atoms with van der Waals surface area (Å²) in [5.74, 6) is 0.904. The molecule has 0 aliphatic carbocycles. The molecule has 0 amide bonds. The Morgan fingerprint density at radius 1 is 1.23 bits per heavy atom. The zero-order chi connectivity index (χ0) is 9.26. The zero-order valence-electron chi connectivity index (χ0n) is 8.92. The predicted octanol–water partition coefficient (Wildman–Crippen LogP) is 1.47. The van der Waals surface area contributed by atoms with Crippen molar-refractivity contribution in [3.63, 3.8) is 0 Å². The van der Waals surface area contributed by atoms with Gasteiger partial charge in [-0.3, -0.25) is 0 Å². The molecule has 2 aliphatic rings. The maximum absolute atomic E-state index is 3.60. The monoisotopic (exact) mass is 182 g/mol. The molecule has 2 rings (SSSR count). The lowest BCUT2D eigenvalue weighted by Crippen LogP contribution is -2.47. The van der Waals surface area contributed by atoms with Crippen molar-refractivity contribution < 1.29 is 0 Å². The summed E-state index contributed by atoms with van der Waals surface area (Å²) < 4.78 is 0. The third-order valence-electron chi connectivity index (χ3n) is 3.89. The van der Waals surface area contributed by atoms with Crippen LogP contribution in [0.25, 0.3) is 0 Å². The minimum absolute atomic E-state index is 0.735. The van der Waals surface area contributed by atoms with E-state index in [2.05, 4.69) is 24.2 Å². The molecule has 3 unspecified atom stereocenters. The molecule has 1 N–H and O–H groups in total. The lowest BCUT2D eigenvalue weighted by Gasteiger charge is -2.37. The van der Waals surface area contributed by atoms with Gasteiger partial charge in [0.1, 0.15) is 0 Å². The van der Waals surface area contributed by atoms with E-state index in [1.54, 1.807) is 0 Å². The number of nitrogens with one attached hydrogen (secondary N) is 1. The van der Waals surface area contributed by atoms with Gasteiger partial charge in [-0.2, -0.15) is 0 Å². The van der Waals surface area contributed by atoms with Gasteiger partial charge in [0.2, 0.25) is 0 Å². The Balaban J connectivity index is 1.97. The molecule has 2 heterocycles.